The predicted molar refractivity (Wildman–Crippen MR) is 166 cm³/mol. The summed E-state index contributed by atoms with van der Waals surface area (Å²) < 4.78 is 2.25. The summed E-state index contributed by atoms with van der Waals surface area (Å²) >= 11 is 0. The highest BCUT2D eigenvalue weighted by Gasteiger charge is 2.39. The summed E-state index contributed by atoms with van der Waals surface area (Å²) in [4.78, 5) is 22.9. The minimum atomic E-state index is -0.311. The van der Waals surface area contributed by atoms with Crippen molar-refractivity contribution in [2.24, 2.45) is 17.5 Å². The standard InChI is InChI=1S/C33H45N7O/c1-22-6-4-7-28-30(22)31(41)37-32-33(2,3)26-9-8-25(20-29(26)40(28)32)23-10-16-38(17-11-23)14-5-15-39-18-12-24(13-19-39)27(34)21-36-35/h4,6-9,20-21,23-24,36H,5,10-19,34-35H2,1-3H3/b27-21-. The van der Waals surface area contributed by atoms with Crippen LogP contribution in [0.5, 0.6) is 0 Å². The first-order chi connectivity index (χ1) is 19.8. The zero-order valence-corrected chi connectivity index (χ0v) is 24.8. The zero-order chi connectivity index (χ0) is 28.7. The van der Waals surface area contributed by atoms with Gasteiger partial charge in [0.15, 0.2) is 0 Å². The Morgan fingerprint density at radius 1 is 1.05 bits per heavy atom. The molecule has 1 aromatic heterocycles. The van der Waals surface area contributed by atoms with Gasteiger partial charge in [0.1, 0.15) is 5.82 Å². The molecule has 0 amide bonds. The van der Waals surface area contributed by atoms with Crippen LogP contribution >= 0.6 is 0 Å². The molecule has 3 aromatic rings. The van der Waals surface area contributed by atoms with Gasteiger partial charge >= 0.3 is 0 Å². The van der Waals surface area contributed by atoms with Gasteiger partial charge in [-0.15, -0.1) is 0 Å². The van der Waals surface area contributed by atoms with Crippen molar-refractivity contribution < 1.29 is 0 Å². The van der Waals surface area contributed by atoms with Crippen molar-refractivity contribution in [3.05, 3.63) is 81.2 Å². The minimum Gasteiger partial charge on any atom is -0.401 e. The van der Waals surface area contributed by atoms with Crippen LogP contribution in [0.3, 0.4) is 0 Å². The van der Waals surface area contributed by atoms with E-state index in [1.54, 1.807) is 6.20 Å². The molecule has 6 rings (SSSR count). The van der Waals surface area contributed by atoms with Crippen molar-refractivity contribution in [3.63, 3.8) is 0 Å². The number of benzene rings is 2. The Labute approximate surface area is 243 Å². The number of hydrazine groups is 1. The number of aromatic nitrogens is 2. The molecule has 0 radical (unpaired) electrons. The fourth-order valence-corrected chi connectivity index (χ4v) is 7.44. The smallest absolute Gasteiger partial charge is 0.281 e. The summed E-state index contributed by atoms with van der Waals surface area (Å²) in [6, 6.07) is 13.1. The first-order valence-corrected chi connectivity index (χ1v) is 15.3. The minimum absolute atomic E-state index is 0.121. The molecule has 2 aromatic carbocycles. The van der Waals surface area contributed by atoms with E-state index < -0.39 is 0 Å². The van der Waals surface area contributed by atoms with E-state index in [-0.39, 0.29) is 11.0 Å². The second kappa shape index (κ2) is 11.2. The number of piperidine rings is 2. The zero-order valence-electron chi connectivity index (χ0n) is 24.8. The summed E-state index contributed by atoms with van der Waals surface area (Å²) in [6.07, 6.45) is 7.54. The molecule has 0 unspecified atom stereocenters. The van der Waals surface area contributed by atoms with E-state index in [0.29, 0.717) is 11.8 Å². The molecule has 0 saturated carbocycles. The maximum Gasteiger partial charge on any atom is 0.281 e. The van der Waals surface area contributed by atoms with Gasteiger partial charge in [-0.25, -0.2) is 0 Å². The van der Waals surface area contributed by atoms with Crippen LogP contribution in [-0.4, -0.2) is 58.6 Å². The summed E-state index contributed by atoms with van der Waals surface area (Å²) in [5.41, 5.74) is 14.9. The summed E-state index contributed by atoms with van der Waals surface area (Å²) in [6.45, 7) is 13.2. The topological polar surface area (TPSA) is 105 Å². The molecule has 2 fully saturated rings. The van der Waals surface area contributed by atoms with E-state index in [2.05, 4.69) is 62.9 Å². The van der Waals surface area contributed by atoms with Crippen LogP contribution in [0.15, 0.2) is 53.1 Å². The molecule has 8 nitrogen and oxygen atoms in total. The van der Waals surface area contributed by atoms with Crippen molar-refractivity contribution in [1.29, 1.82) is 0 Å². The van der Waals surface area contributed by atoms with Crippen LogP contribution in [0.2, 0.25) is 0 Å². The largest absolute Gasteiger partial charge is 0.401 e. The Balaban J connectivity index is 1.09. The number of nitrogens with one attached hydrogen (secondary N) is 1. The molecule has 2 saturated heterocycles. The van der Waals surface area contributed by atoms with E-state index in [0.717, 1.165) is 73.6 Å². The molecule has 218 valence electrons. The lowest BCUT2D eigenvalue weighted by atomic mass is 9.83. The average Bonchev–Trinajstić information content (AvgIpc) is 3.19. The van der Waals surface area contributed by atoms with Gasteiger partial charge in [0, 0.05) is 17.8 Å². The molecule has 0 spiro atoms. The average molecular weight is 556 g/mol. The first kappa shape index (κ1) is 27.9. The van der Waals surface area contributed by atoms with Gasteiger partial charge in [0.2, 0.25) is 0 Å². The van der Waals surface area contributed by atoms with Crippen molar-refractivity contribution in [3.8, 4) is 5.69 Å². The quantitative estimate of drug-likeness (QED) is 0.300. The molecule has 0 aliphatic carbocycles. The van der Waals surface area contributed by atoms with Crippen LogP contribution in [0, 0.1) is 12.8 Å². The van der Waals surface area contributed by atoms with Gasteiger partial charge in [-0.3, -0.25) is 15.2 Å². The number of hydrogen-bond donors (Lipinski definition) is 3. The number of hydrogen-bond acceptors (Lipinski definition) is 7. The molecular formula is C33H45N7O. The van der Waals surface area contributed by atoms with E-state index in [1.807, 2.05) is 19.1 Å². The van der Waals surface area contributed by atoms with Gasteiger partial charge in [0.05, 0.1) is 22.0 Å². The normalized spacial score (nSPS) is 20.3. The molecule has 4 heterocycles. The highest BCUT2D eigenvalue weighted by molar-refractivity contribution is 5.85. The van der Waals surface area contributed by atoms with Gasteiger partial charge in [-0.2, -0.15) is 4.98 Å². The number of rotatable bonds is 7. The van der Waals surface area contributed by atoms with E-state index in [9.17, 15) is 4.79 Å². The van der Waals surface area contributed by atoms with Crippen molar-refractivity contribution in [2.75, 3.05) is 39.3 Å². The van der Waals surface area contributed by atoms with Crippen LogP contribution in [0.25, 0.3) is 16.6 Å². The Hall–Kier alpha value is -3.20. The summed E-state index contributed by atoms with van der Waals surface area (Å²) in [5, 5.41) is 0.729. The summed E-state index contributed by atoms with van der Waals surface area (Å²) in [7, 11) is 0. The van der Waals surface area contributed by atoms with E-state index >= 15 is 0 Å². The Morgan fingerprint density at radius 3 is 2.41 bits per heavy atom. The molecule has 3 aliphatic heterocycles. The highest BCUT2D eigenvalue weighted by Crippen LogP contribution is 2.44. The van der Waals surface area contributed by atoms with Gasteiger partial charge in [0.25, 0.3) is 5.56 Å². The molecule has 8 heteroatoms. The van der Waals surface area contributed by atoms with Crippen molar-refractivity contribution >= 4 is 10.9 Å². The molecule has 0 atom stereocenters. The lowest BCUT2D eigenvalue weighted by Gasteiger charge is -2.34. The number of nitrogens with two attached hydrogens (primary N) is 2. The van der Waals surface area contributed by atoms with Crippen molar-refractivity contribution in [2.45, 2.75) is 64.2 Å². The fourth-order valence-electron chi connectivity index (χ4n) is 7.44. The number of aryl methyl sites for hydroxylation is 1. The number of nitrogens with zero attached hydrogens (tertiary/aromatic N) is 4. The highest BCUT2D eigenvalue weighted by atomic mass is 16.1. The fraction of sp³-hybridized carbons (Fsp3) is 0.515. The van der Waals surface area contributed by atoms with Crippen LogP contribution in [-0.2, 0) is 5.41 Å². The third-order valence-corrected chi connectivity index (χ3v) is 9.94. The van der Waals surface area contributed by atoms with Crippen LogP contribution in [0.1, 0.15) is 74.4 Å². The van der Waals surface area contributed by atoms with Crippen LogP contribution in [0.4, 0.5) is 0 Å². The predicted octanol–water partition coefficient (Wildman–Crippen LogP) is 3.88. The molecule has 3 aliphatic rings. The Bertz CT molecular complexity index is 1510. The maximum absolute atomic E-state index is 13.0. The van der Waals surface area contributed by atoms with Gasteiger partial charge in [-0.05, 0) is 127 Å². The first-order valence-electron chi connectivity index (χ1n) is 15.3. The van der Waals surface area contributed by atoms with Gasteiger partial charge in [-0.1, -0.05) is 24.3 Å². The third kappa shape index (κ3) is 5.17. The van der Waals surface area contributed by atoms with Crippen LogP contribution < -0.4 is 22.6 Å². The lowest BCUT2D eigenvalue weighted by Crippen LogP contribution is -2.39. The van der Waals surface area contributed by atoms with Crippen molar-refractivity contribution in [1.82, 2.24) is 24.8 Å². The number of likely N-dealkylation sites (tertiary alicyclic amines) is 2. The third-order valence-electron chi connectivity index (χ3n) is 9.94. The monoisotopic (exact) mass is 555 g/mol. The molecule has 0 bridgehead atoms. The molecule has 5 N–H and O–H groups in total. The Kier molecular flexibility index (Phi) is 7.66. The Morgan fingerprint density at radius 2 is 1.73 bits per heavy atom. The van der Waals surface area contributed by atoms with Gasteiger partial charge < -0.3 is 21.0 Å². The number of fused-ring (bicyclic) bond motifs is 5. The lowest BCUT2D eigenvalue weighted by molar-refractivity contribution is 0.168. The number of allylic oxidation sites excluding steroid dienone is 1. The van der Waals surface area contributed by atoms with E-state index in [4.69, 9.17) is 11.6 Å². The van der Waals surface area contributed by atoms with E-state index in [1.165, 1.54) is 42.6 Å². The second-order valence-corrected chi connectivity index (χ2v) is 12.8. The molecule has 41 heavy (non-hydrogen) atoms. The summed E-state index contributed by atoms with van der Waals surface area (Å²) in [5.74, 6) is 7.24. The molecular weight excluding hydrogens is 510 g/mol. The maximum atomic E-state index is 13.0. The second-order valence-electron chi connectivity index (χ2n) is 12.8. The SMILES string of the molecule is Cc1cccc2c1c(=O)nc1n2-c2cc(C3CCN(CCCN4CCC(/C(N)=C/NN)CC4)CC3)ccc2C1(C)C.